The summed E-state index contributed by atoms with van der Waals surface area (Å²) < 4.78 is 43.7. The number of rotatable bonds is 5. The molecule has 3 aromatic heterocycles. The van der Waals surface area contributed by atoms with Gasteiger partial charge in [0.1, 0.15) is 0 Å². The Kier molecular flexibility index (Phi) is 8.06. The molecule has 11 heteroatoms. The molecule has 1 N–H and O–H groups in total. The van der Waals surface area contributed by atoms with Crippen LogP contribution in [-0.2, 0) is 19.1 Å². The molecule has 8 nitrogen and oxygen atoms in total. The van der Waals surface area contributed by atoms with Crippen LogP contribution in [0.4, 0.5) is 18.9 Å². The first kappa shape index (κ1) is 28.3. The Morgan fingerprint density at radius 3 is 2.56 bits per heavy atom. The Morgan fingerprint density at radius 2 is 1.83 bits per heavy atom. The van der Waals surface area contributed by atoms with E-state index in [2.05, 4.69) is 44.2 Å². The van der Waals surface area contributed by atoms with Crippen LogP contribution in [-0.4, -0.2) is 68.5 Å². The van der Waals surface area contributed by atoms with Gasteiger partial charge >= 0.3 is 6.18 Å². The molecule has 0 unspecified atom stereocenters. The van der Waals surface area contributed by atoms with E-state index in [0.717, 1.165) is 31.1 Å². The van der Waals surface area contributed by atoms with E-state index < -0.39 is 17.6 Å². The van der Waals surface area contributed by atoms with E-state index in [1.807, 2.05) is 30.3 Å². The summed E-state index contributed by atoms with van der Waals surface area (Å²) in [5, 5.41) is 10.9. The highest BCUT2D eigenvalue weighted by Crippen LogP contribution is 2.34. The number of halogens is 3. The molecule has 212 valence electrons. The van der Waals surface area contributed by atoms with Gasteiger partial charge in [0.15, 0.2) is 5.65 Å². The van der Waals surface area contributed by atoms with Gasteiger partial charge in [-0.2, -0.15) is 13.2 Å². The fourth-order valence-corrected chi connectivity index (χ4v) is 4.64. The fourth-order valence-electron chi connectivity index (χ4n) is 4.64. The van der Waals surface area contributed by atoms with Crippen LogP contribution in [0.2, 0.25) is 0 Å². The molecule has 41 heavy (non-hydrogen) atoms. The Labute approximate surface area is 236 Å². The molecule has 1 aliphatic heterocycles. The minimum Gasteiger partial charge on any atom is -0.322 e. The summed E-state index contributed by atoms with van der Waals surface area (Å²) in [6, 6.07) is 9.36. The summed E-state index contributed by atoms with van der Waals surface area (Å²) in [6.07, 6.45) is -0.395. The molecule has 1 aromatic carbocycles. The zero-order chi connectivity index (χ0) is 29.1. The van der Waals surface area contributed by atoms with Crippen molar-refractivity contribution in [3.8, 4) is 11.8 Å². The second-order valence-corrected chi connectivity index (χ2v) is 10.2. The minimum absolute atomic E-state index is 0.0549. The Morgan fingerprint density at radius 1 is 1.05 bits per heavy atom. The highest BCUT2D eigenvalue weighted by atomic mass is 19.4. The molecule has 5 rings (SSSR count). The van der Waals surface area contributed by atoms with Crippen molar-refractivity contribution >= 4 is 17.2 Å². The third-order valence-corrected chi connectivity index (χ3v) is 7.19. The van der Waals surface area contributed by atoms with Crippen LogP contribution in [0, 0.1) is 18.8 Å². The molecule has 4 aromatic rings. The molecule has 0 saturated carbocycles. The van der Waals surface area contributed by atoms with E-state index in [9.17, 15) is 18.0 Å². The van der Waals surface area contributed by atoms with Crippen molar-refractivity contribution < 1.29 is 18.0 Å². The van der Waals surface area contributed by atoms with Gasteiger partial charge in [-0.3, -0.25) is 19.1 Å². The van der Waals surface area contributed by atoms with Crippen LogP contribution in [0.25, 0.3) is 5.65 Å². The molecule has 4 heterocycles. The highest BCUT2D eigenvalue weighted by Gasteiger charge is 2.34. The van der Waals surface area contributed by atoms with E-state index in [1.54, 1.807) is 17.4 Å². The number of hydrogen-bond donors (Lipinski definition) is 1. The normalized spacial score (nSPS) is 14.6. The largest absolute Gasteiger partial charge is 0.416 e. The van der Waals surface area contributed by atoms with E-state index in [-0.39, 0.29) is 23.4 Å². The van der Waals surface area contributed by atoms with Gasteiger partial charge in [0.05, 0.1) is 16.8 Å². The number of nitrogens with one attached hydrogen (secondary N) is 1. The van der Waals surface area contributed by atoms with Gasteiger partial charge < -0.3 is 10.2 Å². The third kappa shape index (κ3) is 6.56. The number of likely N-dealkylation sites (N-methyl/N-ethyl adjacent to an activating group) is 1. The van der Waals surface area contributed by atoms with E-state index >= 15 is 0 Å². The lowest BCUT2D eigenvalue weighted by atomic mass is 10.0. The van der Waals surface area contributed by atoms with Crippen molar-refractivity contribution in [1.82, 2.24) is 29.4 Å². The third-order valence-electron chi connectivity index (χ3n) is 7.19. The zero-order valence-corrected chi connectivity index (χ0v) is 23.1. The first-order valence-corrected chi connectivity index (χ1v) is 13.4. The molecule has 0 spiro atoms. The van der Waals surface area contributed by atoms with Crippen molar-refractivity contribution in [3.05, 3.63) is 88.1 Å². The van der Waals surface area contributed by atoms with Crippen LogP contribution < -0.4 is 5.32 Å². The summed E-state index contributed by atoms with van der Waals surface area (Å²) in [5.41, 5.74) is 2.54. The van der Waals surface area contributed by atoms with Gasteiger partial charge in [0.2, 0.25) is 5.82 Å². The number of aromatic nitrogens is 4. The van der Waals surface area contributed by atoms with Crippen LogP contribution >= 0.6 is 0 Å². The molecule has 0 atom stereocenters. The lowest BCUT2D eigenvalue weighted by Crippen LogP contribution is -2.44. The number of pyridine rings is 2. The average Bonchev–Trinajstić information content (AvgIpc) is 3.36. The standard InChI is InChI=1S/C30H30F3N7O/c1-4-21-5-9-27-36-37-28(40(27)18-21)10-7-22-15-24(17-34-20(22)2)29(41)35-25-8-6-23(26(16-25)30(31,32)33)19-39-13-11-38(3)12-14-39/h5-6,8-9,15-18H,4,11-14,19H2,1-3H3,(H,35,41). The summed E-state index contributed by atoms with van der Waals surface area (Å²) >= 11 is 0. The van der Waals surface area contributed by atoms with Gasteiger partial charge in [-0.1, -0.05) is 25.0 Å². The summed E-state index contributed by atoms with van der Waals surface area (Å²) in [5.74, 6) is 5.87. The Bertz CT molecular complexity index is 1640. The average molecular weight is 562 g/mol. The van der Waals surface area contributed by atoms with E-state index in [1.165, 1.54) is 18.3 Å². The van der Waals surface area contributed by atoms with E-state index in [0.29, 0.717) is 35.8 Å². The first-order valence-electron chi connectivity index (χ1n) is 13.4. The lowest BCUT2D eigenvalue weighted by molar-refractivity contribution is -0.138. The van der Waals surface area contributed by atoms with Gasteiger partial charge in [-0.25, -0.2) is 0 Å². The predicted octanol–water partition coefficient (Wildman–Crippen LogP) is 4.41. The molecule has 1 fully saturated rings. The number of fused-ring (bicyclic) bond motifs is 1. The fraction of sp³-hybridized carbons (Fsp3) is 0.333. The number of amides is 1. The number of carbonyl (C=O) groups excluding carboxylic acids is 1. The van der Waals surface area contributed by atoms with Crippen LogP contribution in [0.1, 0.15) is 51.1 Å². The lowest BCUT2D eigenvalue weighted by Gasteiger charge is -2.33. The predicted molar refractivity (Wildman–Crippen MR) is 149 cm³/mol. The van der Waals surface area contributed by atoms with Crippen molar-refractivity contribution in [2.24, 2.45) is 0 Å². The van der Waals surface area contributed by atoms with Crippen LogP contribution in [0.3, 0.4) is 0 Å². The highest BCUT2D eigenvalue weighted by molar-refractivity contribution is 6.04. The molecular formula is C30H30F3N7O. The SMILES string of the molecule is CCc1ccc2nnc(C#Cc3cc(C(=O)Nc4ccc(CN5CCN(C)CC5)c(C(F)(F)F)c4)cnc3C)n2c1. The van der Waals surface area contributed by atoms with Gasteiger partial charge in [0.25, 0.3) is 5.91 Å². The van der Waals surface area contributed by atoms with Crippen molar-refractivity contribution in [2.75, 3.05) is 38.5 Å². The monoisotopic (exact) mass is 561 g/mol. The number of carbonyl (C=O) groups is 1. The molecule has 1 saturated heterocycles. The van der Waals surface area contributed by atoms with Crippen molar-refractivity contribution in [2.45, 2.75) is 33.0 Å². The number of nitrogens with zero attached hydrogens (tertiary/aromatic N) is 6. The van der Waals surface area contributed by atoms with Crippen LogP contribution in [0.5, 0.6) is 0 Å². The van der Waals surface area contributed by atoms with Gasteiger partial charge in [0, 0.05) is 56.4 Å². The van der Waals surface area contributed by atoms with Gasteiger partial charge in [-0.15, -0.1) is 10.2 Å². The number of aryl methyl sites for hydroxylation is 2. The van der Waals surface area contributed by atoms with Crippen molar-refractivity contribution in [3.63, 3.8) is 0 Å². The zero-order valence-electron chi connectivity index (χ0n) is 23.1. The maximum absolute atomic E-state index is 14.0. The maximum Gasteiger partial charge on any atom is 0.416 e. The summed E-state index contributed by atoms with van der Waals surface area (Å²) in [4.78, 5) is 21.5. The second kappa shape index (κ2) is 11.7. The number of benzene rings is 1. The summed E-state index contributed by atoms with van der Waals surface area (Å²) in [7, 11) is 2.00. The van der Waals surface area contributed by atoms with Gasteiger partial charge in [-0.05, 0) is 61.7 Å². The maximum atomic E-state index is 14.0. The Hall–Kier alpha value is -4.27. The molecular weight excluding hydrogens is 531 g/mol. The molecule has 0 bridgehead atoms. The van der Waals surface area contributed by atoms with Crippen molar-refractivity contribution in [1.29, 1.82) is 0 Å². The smallest absolute Gasteiger partial charge is 0.322 e. The number of piperazine rings is 1. The Balaban J connectivity index is 1.35. The molecule has 0 radical (unpaired) electrons. The molecule has 1 amide bonds. The van der Waals surface area contributed by atoms with Crippen LogP contribution in [0.15, 0.2) is 48.8 Å². The second-order valence-electron chi connectivity index (χ2n) is 10.2. The first-order chi connectivity index (χ1) is 19.6. The summed E-state index contributed by atoms with van der Waals surface area (Å²) in [6.45, 7) is 7.02. The topological polar surface area (TPSA) is 78.7 Å². The molecule has 1 aliphatic rings. The number of hydrogen-bond acceptors (Lipinski definition) is 6. The minimum atomic E-state index is -4.55. The number of alkyl halides is 3. The molecule has 0 aliphatic carbocycles. The quantitative estimate of drug-likeness (QED) is 0.364. The van der Waals surface area contributed by atoms with E-state index in [4.69, 9.17) is 0 Å². The number of anilines is 1.